The van der Waals surface area contributed by atoms with Crippen molar-refractivity contribution in [2.45, 2.75) is 38.2 Å². The van der Waals surface area contributed by atoms with Crippen molar-refractivity contribution < 1.29 is 14.3 Å². The normalized spacial score (nSPS) is 17.9. The number of aromatic nitrogens is 1. The first-order chi connectivity index (χ1) is 11.8. The van der Waals surface area contributed by atoms with Crippen molar-refractivity contribution in [3.05, 3.63) is 29.3 Å². The van der Waals surface area contributed by atoms with Gasteiger partial charge in [0.1, 0.15) is 6.61 Å². The fourth-order valence-corrected chi connectivity index (χ4v) is 3.78. The minimum absolute atomic E-state index is 0.0601. The first-order valence-corrected chi connectivity index (χ1v) is 9.43. The zero-order valence-corrected chi connectivity index (χ0v) is 14.6. The molecule has 5 nitrogen and oxygen atoms in total. The summed E-state index contributed by atoms with van der Waals surface area (Å²) in [5.74, 6) is -0.0601. The zero-order valence-electron chi connectivity index (χ0n) is 13.8. The minimum atomic E-state index is -0.0601. The Morgan fingerprint density at radius 2 is 2.29 bits per heavy atom. The van der Waals surface area contributed by atoms with Crippen molar-refractivity contribution in [2.75, 3.05) is 26.4 Å². The summed E-state index contributed by atoms with van der Waals surface area (Å²) in [6, 6.07) is 8.16. The second-order valence-electron chi connectivity index (χ2n) is 6.03. The Bertz CT molecular complexity index is 620. The van der Waals surface area contributed by atoms with E-state index in [0.717, 1.165) is 42.8 Å². The summed E-state index contributed by atoms with van der Waals surface area (Å²) >= 11 is 1.72. The van der Waals surface area contributed by atoms with E-state index in [4.69, 9.17) is 9.47 Å². The fraction of sp³-hybridized carbons (Fsp3) is 0.556. The van der Waals surface area contributed by atoms with E-state index in [1.54, 1.807) is 11.3 Å². The van der Waals surface area contributed by atoms with E-state index in [9.17, 15) is 4.79 Å². The van der Waals surface area contributed by atoms with E-state index in [0.29, 0.717) is 13.2 Å². The van der Waals surface area contributed by atoms with Gasteiger partial charge in [-0.15, -0.1) is 11.3 Å². The molecule has 1 aromatic carbocycles. The molecular weight excluding hydrogens is 324 g/mol. The average molecular weight is 348 g/mol. The van der Waals surface area contributed by atoms with Gasteiger partial charge in [-0.1, -0.05) is 12.1 Å². The molecule has 1 amide bonds. The summed E-state index contributed by atoms with van der Waals surface area (Å²) in [6.45, 7) is 2.09. The largest absolute Gasteiger partial charge is 0.376 e. The Labute approximate surface area is 146 Å². The van der Waals surface area contributed by atoms with Crippen molar-refractivity contribution in [3.63, 3.8) is 0 Å². The van der Waals surface area contributed by atoms with Crippen LogP contribution in [0.4, 0.5) is 0 Å². The van der Waals surface area contributed by atoms with Crippen LogP contribution >= 0.6 is 11.3 Å². The lowest BCUT2D eigenvalue weighted by Gasteiger charge is -2.22. The summed E-state index contributed by atoms with van der Waals surface area (Å²) < 4.78 is 12.2. The van der Waals surface area contributed by atoms with Gasteiger partial charge in [-0.3, -0.25) is 4.79 Å². The summed E-state index contributed by atoms with van der Waals surface area (Å²) in [5.41, 5.74) is 1.06. The number of hydrogen-bond acceptors (Lipinski definition) is 5. The summed E-state index contributed by atoms with van der Waals surface area (Å²) in [5, 5.41) is 4.02. The van der Waals surface area contributed by atoms with Crippen molar-refractivity contribution >= 4 is 27.5 Å². The zero-order chi connectivity index (χ0) is 16.6. The lowest BCUT2D eigenvalue weighted by atomic mass is 10.1. The van der Waals surface area contributed by atoms with E-state index in [1.165, 1.54) is 11.1 Å². The number of benzene rings is 1. The predicted molar refractivity (Wildman–Crippen MR) is 95.4 cm³/mol. The molecule has 24 heavy (non-hydrogen) atoms. The highest BCUT2D eigenvalue weighted by atomic mass is 32.1. The third-order valence-electron chi connectivity index (χ3n) is 4.04. The quantitative estimate of drug-likeness (QED) is 0.745. The van der Waals surface area contributed by atoms with Gasteiger partial charge in [-0.2, -0.15) is 0 Å². The van der Waals surface area contributed by atoms with Gasteiger partial charge in [-0.05, 0) is 37.8 Å². The second-order valence-corrected chi connectivity index (χ2v) is 7.15. The van der Waals surface area contributed by atoms with Crippen molar-refractivity contribution in [1.82, 2.24) is 10.3 Å². The Kier molecular flexibility index (Phi) is 6.57. The van der Waals surface area contributed by atoms with E-state index in [-0.39, 0.29) is 18.6 Å². The van der Waals surface area contributed by atoms with Gasteiger partial charge in [-0.25, -0.2) is 4.98 Å². The molecule has 0 saturated carbocycles. The number of aryl methyl sites for hydroxylation is 1. The first kappa shape index (κ1) is 17.3. The SMILES string of the molecule is O=C(COC[C@@H]1CCCCO1)NCCCc1nc2ccccc2s1. The maximum Gasteiger partial charge on any atom is 0.245 e. The lowest BCUT2D eigenvalue weighted by molar-refractivity contribution is -0.127. The number of rotatable bonds is 8. The fourth-order valence-electron chi connectivity index (χ4n) is 2.77. The van der Waals surface area contributed by atoms with E-state index in [1.807, 2.05) is 18.2 Å². The van der Waals surface area contributed by atoms with Crippen LogP contribution < -0.4 is 5.32 Å². The number of nitrogens with zero attached hydrogens (tertiary/aromatic N) is 1. The monoisotopic (exact) mass is 348 g/mol. The highest BCUT2D eigenvalue weighted by molar-refractivity contribution is 7.18. The first-order valence-electron chi connectivity index (χ1n) is 8.62. The number of ether oxygens (including phenoxy) is 2. The Morgan fingerprint density at radius 3 is 3.12 bits per heavy atom. The average Bonchev–Trinajstić information content (AvgIpc) is 3.02. The van der Waals surface area contributed by atoms with Crippen LogP contribution in [0.1, 0.15) is 30.7 Å². The molecule has 1 N–H and O–H groups in total. The molecule has 0 aliphatic carbocycles. The number of amides is 1. The summed E-state index contributed by atoms with van der Waals surface area (Å²) in [7, 11) is 0. The smallest absolute Gasteiger partial charge is 0.245 e. The molecule has 0 bridgehead atoms. The molecule has 2 heterocycles. The van der Waals surface area contributed by atoms with Crippen LogP contribution in [0.5, 0.6) is 0 Å². The molecule has 1 atom stereocenters. The van der Waals surface area contributed by atoms with Crippen LogP contribution in [0.25, 0.3) is 10.2 Å². The van der Waals surface area contributed by atoms with Crippen LogP contribution in [0.2, 0.25) is 0 Å². The lowest BCUT2D eigenvalue weighted by Crippen LogP contribution is -2.31. The molecule has 0 radical (unpaired) electrons. The van der Waals surface area contributed by atoms with Crippen LogP contribution in [-0.2, 0) is 20.7 Å². The van der Waals surface area contributed by atoms with E-state index < -0.39 is 0 Å². The van der Waals surface area contributed by atoms with Gasteiger partial charge < -0.3 is 14.8 Å². The van der Waals surface area contributed by atoms with Gasteiger partial charge in [0.25, 0.3) is 0 Å². The van der Waals surface area contributed by atoms with Crippen molar-refractivity contribution in [2.24, 2.45) is 0 Å². The Balaban J connectivity index is 1.27. The standard InChI is InChI=1S/C18H24N2O3S/c21-17(13-22-12-14-6-3-4-11-23-14)19-10-5-9-18-20-15-7-1-2-8-16(15)24-18/h1-2,7-8,14H,3-6,9-13H2,(H,19,21)/t14-/m0/s1. The van der Waals surface area contributed by atoms with Crippen LogP contribution in [0.15, 0.2) is 24.3 Å². The van der Waals surface area contributed by atoms with Crippen LogP contribution in [0.3, 0.4) is 0 Å². The predicted octanol–water partition coefficient (Wildman–Crippen LogP) is 2.93. The molecule has 1 aliphatic heterocycles. The molecule has 3 rings (SSSR count). The minimum Gasteiger partial charge on any atom is -0.376 e. The van der Waals surface area contributed by atoms with E-state index in [2.05, 4.69) is 16.4 Å². The van der Waals surface area contributed by atoms with Gasteiger partial charge in [0.15, 0.2) is 0 Å². The van der Waals surface area contributed by atoms with Crippen molar-refractivity contribution in [3.8, 4) is 0 Å². The Morgan fingerprint density at radius 1 is 1.38 bits per heavy atom. The highest BCUT2D eigenvalue weighted by Crippen LogP contribution is 2.22. The van der Waals surface area contributed by atoms with Crippen molar-refractivity contribution in [1.29, 1.82) is 0 Å². The molecule has 1 saturated heterocycles. The summed E-state index contributed by atoms with van der Waals surface area (Å²) in [6.07, 6.45) is 5.28. The van der Waals surface area contributed by atoms with Gasteiger partial charge in [0.05, 0.1) is 27.9 Å². The number of carbonyl (C=O) groups excluding carboxylic acids is 1. The number of hydrogen-bond donors (Lipinski definition) is 1. The molecule has 130 valence electrons. The molecule has 2 aromatic rings. The summed E-state index contributed by atoms with van der Waals surface area (Å²) in [4.78, 5) is 16.3. The third kappa shape index (κ3) is 5.26. The number of nitrogens with one attached hydrogen (secondary N) is 1. The molecule has 0 unspecified atom stereocenters. The maximum atomic E-state index is 11.7. The number of para-hydroxylation sites is 1. The van der Waals surface area contributed by atoms with Crippen LogP contribution in [-0.4, -0.2) is 43.4 Å². The number of thiazole rings is 1. The number of fused-ring (bicyclic) bond motifs is 1. The van der Waals surface area contributed by atoms with E-state index >= 15 is 0 Å². The second kappa shape index (κ2) is 9.11. The molecule has 1 aliphatic rings. The molecule has 0 spiro atoms. The van der Waals surface area contributed by atoms with Crippen LogP contribution in [0, 0.1) is 0 Å². The highest BCUT2D eigenvalue weighted by Gasteiger charge is 2.14. The molecular formula is C18H24N2O3S. The molecule has 1 aromatic heterocycles. The topological polar surface area (TPSA) is 60.5 Å². The Hall–Kier alpha value is -1.50. The maximum absolute atomic E-state index is 11.7. The van der Waals surface area contributed by atoms with Gasteiger partial charge in [0, 0.05) is 19.6 Å². The van der Waals surface area contributed by atoms with Gasteiger partial charge in [0.2, 0.25) is 5.91 Å². The molecule has 6 heteroatoms. The molecule has 1 fully saturated rings. The number of carbonyl (C=O) groups is 1. The van der Waals surface area contributed by atoms with Gasteiger partial charge >= 0.3 is 0 Å². The third-order valence-corrected chi connectivity index (χ3v) is 5.13.